The van der Waals surface area contributed by atoms with E-state index >= 15 is 0 Å². The molecule has 2 atom stereocenters. The predicted octanol–water partition coefficient (Wildman–Crippen LogP) is 11.1. The summed E-state index contributed by atoms with van der Waals surface area (Å²) in [7, 11) is 0. The second-order valence-electron chi connectivity index (χ2n) is 14.1. The summed E-state index contributed by atoms with van der Waals surface area (Å²) in [5.74, 6) is -0.0345. The quantitative estimate of drug-likeness (QED) is 0.0506. The fourth-order valence-corrected chi connectivity index (χ4v) is 6.52. The summed E-state index contributed by atoms with van der Waals surface area (Å²) in [5.41, 5.74) is 0. The Balaban J connectivity index is 3.46. The minimum absolute atomic E-state index is 0.0345. The molecule has 0 aliphatic heterocycles. The monoisotopic (exact) mass is 640 g/mol. The van der Waals surface area contributed by atoms with Crippen molar-refractivity contribution in [1.29, 1.82) is 0 Å². The van der Waals surface area contributed by atoms with E-state index in [0.29, 0.717) is 19.4 Å². The van der Waals surface area contributed by atoms with E-state index in [4.69, 9.17) is 5.11 Å². The third-order valence-corrected chi connectivity index (χ3v) is 9.67. The van der Waals surface area contributed by atoms with Crippen LogP contribution in [0, 0.1) is 0 Å². The van der Waals surface area contributed by atoms with Crippen LogP contribution in [0.5, 0.6) is 0 Å². The molecule has 5 heteroatoms. The molecular weight excluding hydrogens is 558 g/mol. The zero-order valence-electron chi connectivity index (χ0n) is 30.4. The average Bonchev–Trinajstić information content (AvgIpc) is 3.04. The highest BCUT2D eigenvalue weighted by atomic mass is 16.3. The van der Waals surface area contributed by atoms with Crippen LogP contribution < -0.4 is 5.32 Å². The highest BCUT2D eigenvalue weighted by Gasteiger charge is 2.20. The van der Waals surface area contributed by atoms with E-state index in [1.54, 1.807) is 0 Å². The van der Waals surface area contributed by atoms with Crippen molar-refractivity contribution in [3.8, 4) is 0 Å². The molecule has 270 valence electrons. The molecule has 0 aliphatic rings. The van der Waals surface area contributed by atoms with Crippen molar-refractivity contribution in [2.45, 2.75) is 237 Å². The van der Waals surface area contributed by atoms with Crippen molar-refractivity contribution >= 4 is 5.91 Å². The second kappa shape index (κ2) is 37.8. The van der Waals surface area contributed by atoms with Crippen LogP contribution in [-0.2, 0) is 4.79 Å². The van der Waals surface area contributed by atoms with Crippen LogP contribution in [0.25, 0.3) is 0 Å². The van der Waals surface area contributed by atoms with Crippen LogP contribution in [0.1, 0.15) is 225 Å². The summed E-state index contributed by atoms with van der Waals surface area (Å²) in [6.07, 6.45) is 41.7. The SMILES string of the molecule is CCCCCCCCCCCCCCCC(O)C(CO)NC(=O)CCCCCCCCCCCCCCCCCCCCCO. The van der Waals surface area contributed by atoms with Crippen LogP contribution in [0.2, 0.25) is 0 Å². The van der Waals surface area contributed by atoms with Gasteiger partial charge in [0.2, 0.25) is 5.91 Å². The molecule has 0 spiro atoms. The van der Waals surface area contributed by atoms with Crippen LogP contribution in [0.15, 0.2) is 0 Å². The molecule has 0 bridgehead atoms. The van der Waals surface area contributed by atoms with Crippen molar-refractivity contribution in [2.24, 2.45) is 0 Å². The molecule has 0 aromatic heterocycles. The Kier molecular flexibility index (Phi) is 37.3. The zero-order chi connectivity index (χ0) is 32.9. The van der Waals surface area contributed by atoms with Gasteiger partial charge in [0.05, 0.1) is 18.8 Å². The lowest BCUT2D eigenvalue weighted by molar-refractivity contribution is -0.123. The number of aliphatic hydroxyl groups is 3. The predicted molar refractivity (Wildman–Crippen MR) is 195 cm³/mol. The highest BCUT2D eigenvalue weighted by molar-refractivity contribution is 5.76. The molecule has 0 fully saturated rings. The number of unbranched alkanes of at least 4 members (excludes halogenated alkanes) is 30. The maximum Gasteiger partial charge on any atom is 0.220 e. The highest BCUT2D eigenvalue weighted by Crippen LogP contribution is 2.16. The molecule has 4 N–H and O–H groups in total. The Hall–Kier alpha value is -0.650. The number of rotatable bonds is 38. The van der Waals surface area contributed by atoms with Gasteiger partial charge in [0.1, 0.15) is 0 Å². The molecule has 0 saturated carbocycles. The van der Waals surface area contributed by atoms with Crippen molar-refractivity contribution in [2.75, 3.05) is 13.2 Å². The largest absolute Gasteiger partial charge is 0.396 e. The molecular formula is C40H81NO4. The molecule has 0 saturated heterocycles. The van der Waals surface area contributed by atoms with Gasteiger partial charge in [-0.1, -0.05) is 200 Å². The maximum atomic E-state index is 12.4. The van der Waals surface area contributed by atoms with Gasteiger partial charge in [0, 0.05) is 13.0 Å². The number of hydrogen-bond acceptors (Lipinski definition) is 4. The van der Waals surface area contributed by atoms with Gasteiger partial charge < -0.3 is 20.6 Å². The number of nitrogens with one attached hydrogen (secondary N) is 1. The normalized spacial score (nSPS) is 12.9. The Morgan fingerprint density at radius 1 is 0.467 bits per heavy atom. The van der Waals surface area contributed by atoms with Crippen molar-refractivity contribution in [3.05, 3.63) is 0 Å². The number of amides is 1. The third-order valence-electron chi connectivity index (χ3n) is 9.67. The molecule has 45 heavy (non-hydrogen) atoms. The number of aliphatic hydroxyl groups excluding tert-OH is 3. The number of carbonyl (C=O) groups is 1. The fraction of sp³-hybridized carbons (Fsp3) is 0.975. The maximum absolute atomic E-state index is 12.4. The van der Waals surface area contributed by atoms with E-state index in [-0.39, 0.29) is 12.5 Å². The van der Waals surface area contributed by atoms with Gasteiger partial charge in [0.25, 0.3) is 0 Å². The first-order chi connectivity index (χ1) is 22.2. The minimum atomic E-state index is -0.657. The minimum Gasteiger partial charge on any atom is -0.396 e. The lowest BCUT2D eigenvalue weighted by atomic mass is 10.0. The lowest BCUT2D eigenvalue weighted by Gasteiger charge is -2.22. The molecule has 0 aromatic rings. The molecule has 0 radical (unpaired) electrons. The van der Waals surface area contributed by atoms with Crippen LogP contribution >= 0.6 is 0 Å². The molecule has 0 aromatic carbocycles. The van der Waals surface area contributed by atoms with Gasteiger partial charge in [-0.15, -0.1) is 0 Å². The Morgan fingerprint density at radius 2 is 0.778 bits per heavy atom. The standard InChI is InChI=1S/C40H81NO4/c1-2-3-4-5-6-7-8-16-19-22-25-28-31-34-39(44)38(37-43)41-40(45)35-32-29-26-23-20-17-14-12-10-9-11-13-15-18-21-24-27-30-33-36-42/h38-39,42-44H,2-37H2,1H3,(H,41,45). The Labute approximate surface area is 281 Å². The zero-order valence-corrected chi connectivity index (χ0v) is 30.4. The van der Waals surface area contributed by atoms with E-state index in [9.17, 15) is 15.0 Å². The Morgan fingerprint density at radius 3 is 1.11 bits per heavy atom. The van der Waals surface area contributed by atoms with Crippen LogP contribution in [0.3, 0.4) is 0 Å². The van der Waals surface area contributed by atoms with E-state index in [0.717, 1.165) is 32.1 Å². The fourth-order valence-electron chi connectivity index (χ4n) is 6.52. The van der Waals surface area contributed by atoms with Gasteiger partial charge >= 0.3 is 0 Å². The summed E-state index contributed by atoms with van der Waals surface area (Å²) in [4.78, 5) is 12.4. The van der Waals surface area contributed by atoms with E-state index in [1.807, 2.05) is 0 Å². The first-order valence-corrected chi connectivity index (χ1v) is 20.3. The molecule has 0 aliphatic carbocycles. The van der Waals surface area contributed by atoms with E-state index in [2.05, 4.69) is 12.2 Å². The number of hydrogen-bond donors (Lipinski definition) is 4. The summed E-state index contributed by atoms with van der Waals surface area (Å²) >= 11 is 0. The molecule has 0 heterocycles. The van der Waals surface area contributed by atoms with Crippen molar-refractivity contribution in [3.63, 3.8) is 0 Å². The van der Waals surface area contributed by atoms with Gasteiger partial charge in [-0.05, 0) is 19.3 Å². The average molecular weight is 640 g/mol. The molecule has 5 nitrogen and oxygen atoms in total. The van der Waals surface area contributed by atoms with E-state index < -0.39 is 12.1 Å². The number of carbonyl (C=O) groups excluding carboxylic acids is 1. The van der Waals surface area contributed by atoms with Crippen LogP contribution in [0.4, 0.5) is 0 Å². The molecule has 2 unspecified atom stereocenters. The first kappa shape index (κ1) is 44.4. The third kappa shape index (κ3) is 34.5. The van der Waals surface area contributed by atoms with Crippen LogP contribution in [-0.4, -0.2) is 46.6 Å². The topological polar surface area (TPSA) is 89.8 Å². The Bertz CT molecular complexity index is 572. The van der Waals surface area contributed by atoms with Gasteiger partial charge in [-0.3, -0.25) is 4.79 Å². The summed E-state index contributed by atoms with van der Waals surface area (Å²) in [5, 5.41) is 31.9. The van der Waals surface area contributed by atoms with Crippen molar-refractivity contribution in [1.82, 2.24) is 5.32 Å². The first-order valence-electron chi connectivity index (χ1n) is 20.3. The second-order valence-corrected chi connectivity index (χ2v) is 14.1. The van der Waals surface area contributed by atoms with Gasteiger partial charge in [0.15, 0.2) is 0 Å². The van der Waals surface area contributed by atoms with Crippen molar-refractivity contribution < 1.29 is 20.1 Å². The molecule has 1 amide bonds. The smallest absolute Gasteiger partial charge is 0.220 e. The van der Waals surface area contributed by atoms with Gasteiger partial charge in [-0.2, -0.15) is 0 Å². The lowest BCUT2D eigenvalue weighted by Crippen LogP contribution is -2.45. The van der Waals surface area contributed by atoms with E-state index in [1.165, 1.54) is 173 Å². The summed E-state index contributed by atoms with van der Waals surface area (Å²) in [6, 6.07) is -0.534. The van der Waals surface area contributed by atoms with Gasteiger partial charge in [-0.25, -0.2) is 0 Å². The summed E-state index contributed by atoms with van der Waals surface area (Å²) in [6.45, 7) is 2.42. The molecule has 0 rings (SSSR count). The summed E-state index contributed by atoms with van der Waals surface area (Å²) < 4.78 is 0.